The summed E-state index contributed by atoms with van der Waals surface area (Å²) >= 11 is 6.03. The number of halogens is 1. The third-order valence-corrected chi connectivity index (χ3v) is 4.39. The number of benzene rings is 1. The molecule has 0 unspecified atom stereocenters. The van der Waals surface area contributed by atoms with Gasteiger partial charge in [0.05, 0.1) is 0 Å². The van der Waals surface area contributed by atoms with E-state index in [2.05, 4.69) is 25.3 Å². The predicted octanol–water partition coefficient (Wildman–Crippen LogP) is 3.89. The van der Waals surface area contributed by atoms with Crippen LogP contribution in [-0.4, -0.2) is 29.9 Å². The monoisotopic (exact) mass is 396 g/mol. The van der Waals surface area contributed by atoms with Gasteiger partial charge >= 0.3 is 6.01 Å². The zero-order chi connectivity index (χ0) is 19.7. The highest BCUT2D eigenvalue weighted by Gasteiger charge is 2.31. The van der Waals surface area contributed by atoms with Crippen molar-refractivity contribution in [1.82, 2.24) is 29.9 Å². The van der Waals surface area contributed by atoms with Gasteiger partial charge in [0.15, 0.2) is 11.4 Å². The van der Waals surface area contributed by atoms with E-state index in [1.807, 2.05) is 45.2 Å². The molecule has 3 heterocycles. The lowest BCUT2D eigenvalue weighted by Crippen LogP contribution is -2.28. The highest BCUT2D eigenvalue weighted by molar-refractivity contribution is 6.30. The molecule has 142 valence electrons. The number of aromatic nitrogens is 6. The van der Waals surface area contributed by atoms with E-state index in [-0.39, 0.29) is 0 Å². The van der Waals surface area contributed by atoms with Crippen LogP contribution in [0.25, 0.3) is 22.8 Å². The molecular weight excluding hydrogens is 380 g/mol. The van der Waals surface area contributed by atoms with Crippen LogP contribution in [0.1, 0.15) is 19.7 Å². The normalized spacial score (nSPS) is 11.6. The molecule has 0 aliphatic heterocycles. The molecule has 0 fully saturated rings. The average molecular weight is 397 g/mol. The molecule has 4 aromatic rings. The summed E-state index contributed by atoms with van der Waals surface area (Å²) in [6.07, 6.45) is 3.40. The van der Waals surface area contributed by atoms with E-state index < -0.39 is 5.60 Å². The van der Waals surface area contributed by atoms with Crippen LogP contribution in [0, 0.1) is 0 Å². The molecule has 0 aliphatic carbocycles. The quantitative estimate of drug-likeness (QED) is 0.505. The molecule has 4 rings (SSSR count). The highest BCUT2D eigenvalue weighted by atomic mass is 35.5. The van der Waals surface area contributed by atoms with Crippen molar-refractivity contribution in [3.8, 4) is 28.9 Å². The van der Waals surface area contributed by atoms with Crippen molar-refractivity contribution in [3.05, 3.63) is 59.6 Å². The summed E-state index contributed by atoms with van der Waals surface area (Å²) in [5, 5.41) is 13.0. The van der Waals surface area contributed by atoms with Crippen molar-refractivity contribution in [1.29, 1.82) is 0 Å². The number of hydrogen-bond acceptors (Lipinski definition) is 7. The van der Waals surface area contributed by atoms with E-state index >= 15 is 0 Å². The van der Waals surface area contributed by atoms with Gasteiger partial charge in [-0.2, -0.15) is 4.98 Å². The third kappa shape index (κ3) is 3.46. The maximum absolute atomic E-state index is 6.06. The van der Waals surface area contributed by atoms with Crippen LogP contribution in [0.15, 0.2) is 53.3 Å². The first-order valence-electron chi connectivity index (χ1n) is 8.53. The number of nitrogens with zero attached hydrogens (tertiary/aromatic N) is 6. The zero-order valence-electron chi connectivity index (χ0n) is 15.5. The van der Waals surface area contributed by atoms with Crippen molar-refractivity contribution < 1.29 is 9.26 Å². The Hall–Kier alpha value is -3.26. The first-order chi connectivity index (χ1) is 13.4. The van der Waals surface area contributed by atoms with Gasteiger partial charge in [-0.05, 0) is 44.2 Å². The lowest BCUT2D eigenvalue weighted by Gasteiger charge is -2.21. The summed E-state index contributed by atoms with van der Waals surface area (Å²) in [7, 11) is 1.83. The summed E-state index contributed by atoms with van der Waals surface area (Å²) in [5.74, 6) is 1.42. The second-order valence-corrected chi connectivity index (χ2v) is 7.08. The Labute approximate surface area is 166 Å². The van der Waals surface area contributed by atoms with Gasteiger partial charge in [-0.1, -0.05) is 27.9 Å². The molecule has 0 aliphatic rings. The molecular formula is C19H17ClN6O2. The zero-order valence-corrected chi connectivity index (χ0v) is 16.3. The van der Waals surface area contributed by atoms with Gasteiger partial charge in [-0.15, -0.1) is 5.10 Å². The third-order valence-electron chi connectivity index (χ3n) is 4.16. The number of pyridine rings is 1. The molecule has 0 amide bonds. The molecule has 1 aromatic carbocycles. The fourth-order valence-corrected chi connectivity index (χ4v) is 2.83. The average Bonchev–Trinajstić information content (AvgIpc) is 3.31. The minimum absolute atomic E-state index is 0.339. The van der Waals surface area contributed by atoms with E-state index in [1.165, 1.54) is 0 Å². The van der Waals surface area contributed by atoms with E-state index in [0.717, 1.165) is 11.1 Å². The lowest BCUT2D eigenvalue weighted by atomic mass is 10.1. The molecule has 8 nitrogen and oxygen atoms in total. The van der Waals surface area contributed by atoms with Crippen LogP contribution in [0.4, 0.5) is 0 Å². The van der Waals surface area contributed by atoms with Gasteiger partial charge in [0, 0.05) is 35.6 Å². The topological polar surface area (TPSA) is 91.8 Å². The van der Waals surface area contributed by atoms with Gasteiger partial charge in [0.1, 0.15) is 0 Å². The SMILES string of the molecule is Cn1c(OC(C)(C)c2noc(-c3cccc(Cl)c3)n2)nnc1-c1ccncc1. The minimum atomic E-state index is -0.892. The van der Waals surface area contributed by atoms with Crippen LogP contribution in [-0.2, 0) is 12.6 Å². The molecule has 0 radical (unpaired) electrons. The van der Waals surface area contributed by atoms with Gasteiger partial charge in [0.2, 0.25) is 5.82 Å². The molecule has 0 bridgehead atoms. The second-order valence-electron chi connectivity index (χ2n) is 6.65. The predicted molar refractivity (Wildman–Crippen MR) is 103 cm³/mol. The summed E-state index contributed by atoms with van der Waals surface area (Å²) in [6.45, 7) is 3.67. The minimum Gasteiger partial charge on any atom is -0.449 e. The Kier molecular flexibility index (Phi) is 4.56. The molecule has 0 atom stereocenters. The van der Waals surface area contributed by atoms with E-state index in [9.17, 15) is 0 Å². The Bertz CT molecular complexity index is 1110. The summed E-state index contributed by atoms with van der Waals surface area (Å²) in [6, 6.07) is 11.3. The second kappa shape index (κ2) is 7.05. The van der Waals surface area contributed by atoms with Crippen LogP contribution >= 0.6 is 11.6 Å². The van der Waals surface area contributed by atoms with Crippen LogP contribution in [0.2, 0.25) is 5.02 Å². The number of rotatable bonds is 5. The van der Waals surface area contributed by atoms with Gasteiger partial charge in [0.25, 0.3) is 5.89 Å². The Balaban J connectivity index is 1.59. The van der Waals surface area contributed by atoms with Crippen molar-refractivity contribution in [2.24, 2.45) is 7.05 Å². The summed E-state index contributed by atoms with van der Waals surface area (Å²) in [4.78, 5) is 8.47. The fourth-order valence-electron chi connectivity index (χ4n) is 2.64. The fraction of sp³-hybridized carbons (Fsp3) is 0.211. The van der Waals surface area contributed by atoms with Gasteiger partial charge in [-0.3, -0.25) is 9.55 Å². The van der Waals surface area contributed by atoms with Crippen LogP contribution in [0.5, 0.6) is 6.01 Å². The van der Waals surface area contributed by atoms with E-state index in [4.69, 9.17) is 20.9 Å². The largest absolute Gasteiger partial charge is 0.449 e. The lowest BCUT2D eigenvalue weighted by molar-refractivity contribution is 0.0787. The Morgan fingerprint density at radius 1 is 1.07 bits per heavy atom. The number of ether oxygens (including phenoxy) is 1. The highest BCUT2D eigenvalue weighted by Crippen LogP contribution is 2.29. The maximum Gasteiger partial charge on any atom is 0.317 e. The molecule has 0 saturated heterocycles. The first kappa shape index (κ1) is 18.1. The Morgan fingerprint density at radius 3 is 2.61 bits per heavy atom. The van der Waals surface area contributed by atoms with Crippen molar-refractivity contribution in [2.45, 2.75) is 19.4 Å². The first-order valence-corrected chi connectivity index (χ1v) is 8.91. The standard InChI is InChI=1S/C19H17ClN6O2/c1-19(2,17-22-16(28-25-17)13-5-4-6-14(20)11-13)27-18-24-23-15(26(18)3)12-7-9-21-10-8-12/h4-11H,1-3H3. The molecule has 0 spiro atoms. The van der Waals surface area contributed by atoms with Gasteiger partial charge < -0.3 is 9.26 Å². The van der Waals surface area contributed by atoms with Crippen molar-refractivity contribution in [3.63, 3.8) is 0 Å². The van der Waals surface area contributed by atoms with E-state index in [1.54, 1.807) is 29.1 Å². The smallest absolute Gasteiger partial charge is 0.317 e. The summed E-state index contributed by atoms with van der Waals surface area (Å²) in [5.41, 5.74) is 0.734. The molecule has 9 heteroatoms. The molecule has 0 N–H and O–H groups in total. The molecule has 3 aromatic heterocycles. The molecule has 28 heavy (non-hydrogen) atoms. The van der Waals surface area contributed by atoms with Crippen molar-refractivity contribution in [2.75, 3.05) is 0 Å². The van der Waals surface area contributed by atoms with E-state index in [0.29, 0.717) is 28.6 Å². The van der Waals surface area contributed by atoms with Gasteiger partial charge in [-0.25, -0.2) is 0 Å². The summed E-state index contributed by atoms with van der Waals surface area (Å²) < 4.78 is 13.2. The van der Waals surface area contributed by atoms with Crippen molar-refractivity contribution >= 4 is 11.6 Å². The van der Waals surface area contributed by atoms with Crippen LogP contribution in [0.3, 0.4) is 0 Å². The number of hydrogen-bond donors (Lipinski definition) is 0. The van der Waals surface area contributed by atoms with Crippen LogP contribution < -0.4 is 4.74 Å². The molecule has 0 saturated carbocycles. The maximum atomic E-state index is 6.06. The Morgan fingerprint density at radius 2 is 1.86 bits per heavy atom.